The summed E-state index contributed by atoms with van der Waals surface area (Å²) in [6.07, 6.45) is -4.54. The minimum atomic E-state index is -4.54. The maximum Gasteiger partial charge on any atom is 0.407 e. The number of nitrogen functional groups attached to an aromatic ring is 1. The first kappa shape index (κ1) is 10.6. The lowest BCUT2D eigenvalue weighted by molar-refractivity contribution is -0.149. The van der Waals surface area contributed by atoms with Crippen LogP contribution in [0.3, 0.4) is 0 Å². The molecule has 1 aromatic rings. The molecular weight excluding hydrogens is 197 g/mol. The predicted molar refractivity (Wildman–Crippen MR) is 45.5 cm³/mol. The molecule has 0 saturated heterocycles. The van der Waals surface area contributed by atoms with Crippen molar-refractivity contribution in [2.45, 2.75) is 12.2 Å². The predicted octanol–water partition coefficient (Wildman–Crippen LogP) is 1.54. The molecule has 0 aromatic heterocycles. The van der Waals surface area contributed by atoms with Crippen LogP contribution in [0, 0.1) is 0 Å². The van der Waals surface area contributed by atoms with E-state index in [4.69, 9.17) is 16.6 Å². The molecule has 5 N–H and O–H groups in total. The fourth-order valence-electron chi connectivity index (χ4n) is 1.02. The van der Waals surface area contributed by atoms with Crippen LogP contribution in [0.15, 0.2) is 18.2 Å². The third-order valence-corrected chi connectivity index (χ3v) is 1.76. The van der Waals surface area contributed by atoms with Crippen LogP contribution >= 0.6 is 0 Å². The molecule has 0 aliphatic heterocycles. The SMILES string of the molecule is Nc1cc(O)ccc1C(N)C(F)(F)F. The molecule has 0 aliphatic carbocycles. The molecule has 0 radical (unpaired) electrons. The summed E-state index contributed by atoms with van der Waals surface area (Å²) in [5.41, 5.74) is 9.80. The van der Waals surface area contributed by atoms with Crippen molar-refractivity contribution < 1.29 is 18.3 Å². The van der Waals surface area contributed by atoms with Gasteiger partial charge < -0.3 is 16.6 Å². The Morgan fingerprint density at radius 3 is 2.29 bits per heavy atom. The highest BCUT2D eigenvalue weighted by atomic mass is 19.4. The highest BCUT2D eigenvalue weighted by molar-refractivity contribution is 5.52. The first-order valence-corrected chi connectivity index (χ1v) is 3.73. The van der Waals surface area contributed by atoms with E-state index in [0.29, 0.717) is 0 Å². The highest BCUT2D eigenvalue weighted by Crippen LogP contribution is 2.34. The number of halogens is 3. The van der Waals surface area contributed by atoms with E-state index >= 15 is 0 Å². The lowest BCUT2D eigenvalue weighted by Gasteiger charge is -2.17. The monoisotopic (exact) mass is 206 g/mol. The fourth-order valence-corrected chi connectivity index (χ4v) is 1.02. The van der Waals surface area contributed by atoms with E-state index in [1.165, 1.54) is 0 Å². The minimum Gasteiger partial charge on any atom is -0.508 e. The Labute approximate surface area is 78.1 Å². The van der Waals surface area contributed by atoms with Gasteiger partial charge in [-0.1, -0.05) is 6.07 Å². The largest absolute Gasteiger partial charge is 0.508 e. The zero-order chi connectivity index (χ0) is 10.9. The quantitative estimate of drug-likeness (QED) is 0.610. The zero-order valence-electron chi connectivity index (χ0n) is 7.05. The Kier molecular flexibility index (Phi) is 2.57. The minimum absolute atomic E-state index is 0.171. The molecule has 0 aliphatic rings. The molecule has 1 unspecified atom stereocenters. The van der Waals surface area contributed by atoms with E-state index in [0.717, 1.165) is 18.2 Å². The Balaban J connectivity index is 3.08. The summed E-state index contributed by atoms with van der Waals surface area (Å²) in [5, 5.41) is 8.92. The van der Waals surface area contributed by atoms with Gasteiger partial charge in [0.05, 0.1) is 0 Å². The van der Waals surface area contributed by atoms with Crippen molar-refractivity contribution in [1.29, 1.82) is 0 Å². The first-order valence-electron chi connectivity index (χ1n) is 3.73. The number of nitrogens with two attached hydrogens (primary N) is 2. The normalized spacial score (nSPS) is 14.0. The Morgan fingerprint density at radius 1 is 1.29 bits per heavy atom. The third kappa shape index (κ3) is 2.08. The maximum atomic E-state index is 12.2. The van der Waals surface area contributed by atoms with E-state index in [9.17, 15) is 13.2 Å². The number of hydrogen-bond acceptors (Lipinski definition) is 3. The molecular formula is C8H9F3N2O. The van der Waals surface area contributed by atoms with Gasteiger partial charge in [-0.3, -0.25) is 0 Å². The summed E-state index contributed by atoms with van der Waals surface area (Å²) >= 11 is 0. The third-order valence-electron chi connectivity index (χ3n) is 1.76. The Bertz CT molecular complexity index is 338. The van der Waals surface area contributed by atoms with Gasteiger partial charge in [-0.2, -0.15) is 13.2 Å². The molecule has 0 heterocycles. The highest BCUT2D eigenvalue weighted by Gasteiger charge is 2.38. The van der Waals surface area contributed by atoms with Gasteiger partial charge in [0, 0.05) is 17.3 Å². The topological polar surface area (TPSA) is 72.3 Å². The van der Waals surface area contributed by atoms with Crippen LogP contribution in [0.25, 0.3) is 0 Å². The van der Waals surface area contributed by atoms with Gasteiger partial charge in [0.2, 0.25) is 0 Å². The second-order valence-electron chi connectivity index (χ2n) is 2.83. The molecule has 0 spiro atoms. The van der Waals surface area contributed by atoms with Crippen LogP contribution in [0.5, 0.6) is 5.75 Å². The van der Waals surface area contributed by atoms with E-state index in [1.54, 1.807) is 0 Å². The molecule has 14 heavy (non-hydrogen) atoms. The van der Waals surface area contributed by atoms with Crippen LogP contribution < -0.4 is 11.5 Å². The van der Waals surface area contributed by atoms with E-state index < -0.39 is 12.2 Å². The molecule has 0 fully saturated rings. The van der Waals surface area contributed by atoms with Gasteiger partial charge in [0.15, 0.2) is 0 Å². The van der Waals surface area contributed by atoms with Crippen molar-refractivity contribution in [3.63, 3.8) is 0 Å². The van der Waals surface area contributed by atoms with E-state index in [2.05, 4.69) is 0 Å². The number of phenolic OH excluding ortho intramolecular Hbond substituents is 1. The van der Waals surface area contributed by atoms with Crippen LogP contribution in [0.1, 0.15) is 11.6 Å². The number of aromatic hydroxyl groups is 1. The second-order valence-corrected chi connectivity index (χ2v) is 2.83. The summed E-state index contributed by atoms with van der Waals surface area (Å²) in [5.74, 6) is -0.194. The average molecular weight is 206 g/mol. The van der Waals surface area contributed by atoms with Crippen molar-refractivity contribution in [3.05, 3.63) is 23.8 Å². The van der Waals surface area contributed by atoms with Crippen molar-refractivity contribution in [1.82, 2.24) is 0 Å². The number of alkyl halides is 3. The number of benzene rings is 1. The molecule has 78 valence electrons. The molecule has 6 heteroatoms. The number of phenols is 1. The number of rotatable bonds is 1. The zero-order valence-corrected chi connectivity index (χ0v) is 7.05. The van der Waals surface area contributed by atoms with Gasteiger partial charge in [0.25, 0.3) is 0 Å². The molecule has 0 bridgehead atoms. The lowest BCUT2D eigenvalue weighted by Crippen LogP contribution is -2.29. The number of anilines is 1. The molecule has 3 nitrogen and oxygen atoms in total. The van der Waals surface area contributed by atoms with Crippen LogP contribution in [-0.2, 0) is 0 Å². The van der Waals surface area contributed by atoms with Crippen molar-refractivity contribution >= 4 is 5.69 Å². The van der Waals surface area contributed by atoms with Crippen LogP contribution in [0.4, 0.5) is 18.9 Å². The van der Waals surface area contributed by atoms with Gasteiger partial charge in [-0.15, -0.1) is 0 Å². The summed E-state index contributed by atoms with van der Waals surface area (Å²) in [4.78, 5) is 0. The molecule has 1 aromatic carbocycles. The summed E-state index contributed by atoms with van der Waals surface area (Å²) in [7, 11) is 0. The Morgan fingerprint density at radius 2 is 1.86 bits per heavy atom. The second kappa shape index (κ2) is 3.38. The van der Waals surface area contributed by atoms with Crippen LogP contribution in [0.2, 0.25) is 0 Å². The Hall–Kier alpha value is -1.43. The van der Waals surface area contributed by atoms with Gasteiger partial charge in [0.1, 0.15) is 11.8 Å². The van der Waals surface area contributed by atoms with Gasteiger partial charge >= 0.3 is 6.18 Å². The van der Waals surface area contributed by atoms with Gasteiger partial charge in [-0.05, 0) is 6.07 Å². The van der Waals surface area contributed by atoms with Crippen molar-refractivity contribution in [3.8, 4) is 5.75 Å². The van der Waals surface area contributed by atoms with E-state index in [1.807, 2.05) is 0 Å². The number of hydrogen-bond donors (Lipinski definition) is 3. The molecule has 0 saturated carbocycles. The molecule has 0 amide bonds. The average Bonchev–Trinajstić information content (AvgIpc) is 2.01. The summed E-state index contributed by atoms with van der Waals surface area (Å²) in [6.45, 7) is 0. The first-order chi connectivity index (χ1) is 6.32. The molecule has 1 rings (SSSR count). The smallest absolute Gasteiger partial charge is 0.407 e. The van der Waals surface area contributed by atoms with Crippen LogP contribution in [-0.4, -0.2) is 11.3 Å². The fraction of sp³-hybridized carbons (Fsp3) is 0.250. The lowest BCUT2D eigenvalue weighted by atomic mass is 10.1. The summed E-state index contributed by atoms with van der Waals surface area (Å²) < 4.78 is 36.5. The van der Waals surface area contributed by atoms with Crippen molar-refractivity contribution in [2.75, 3.05) is 5.73 Å². The standard InChI is InChI=1S/C8H9F3N2O/c9-8(10,11)7(13)5-2-1-4(14)3-6(5)12/h1-3,7,14H,12-13H2. The van der Waals surface area contributed by atoms with Crippen molar-refractivity contribution in [2.24, 2.45) is 5.73 Å². The van der Waals surface area contributed by atoms with E-state index in [-0.39, 0.29) is 17.0 Å². The summed E-state index contributed by atoms with van der Waals surface area (Å²) in [6, 6.07) is 1.07. The molecule has 1 atom stereocenters. The maximum absolute atomic E-state index is 12.2. The van der Waals surface area contributed by atoms with Gasteiger partial charge in [-0.25, -0.2) is 0 Å².